The molecule has 1 N–H and O–H groups in total. The topological polar surface area (TPSA) is 105 Å². The van der Waals surface area contributed by atoms with Crippen molar-refractivity contribution in [1.29, 1.82) is 0 Å². The van der Waals surface area contributed by atoms with E-state index in [4.69, 9.17) is 4.99 Å². The van der Waals surface area contributed by atoms with Gasteiger partial charge in [-0.25, -0.2) is 4.99 Å². The second kappa shape index (κ2) is 11.6. The van der Waals surface area contributed by atoms with E-state index in [0.29, 0.717) is 22.7 Å². The number of carbonyl (C=O) groups excluding carboxylic acids is 2. The molecule has 4 aromatic rings. The Kier molecular flexibility index (Phi) is 7.80. The Morgan fingerprint density at radius 3 is 2.07 bits per heavy atom. The number of non-ortho nitro benzene ring substituents is 1. The van der Waals surface area contributed by atoms with Crippen LogP contribution in [0.1, 0.15) is 53.9 Å². The van der Waals surface area contributed by atoms with E-state index in [1.165, 1.54) is 29.2 Å². The van der Waals surface area contributed by atoms with Crippen LogP contribution in [0.5, 0.6) is 0 Å². The number of nitro groups is 1. The van der Waals surface area contributed by atoms with Crippen molar-refractivity contribution >= 4 is 35.0 Å². The number of benzene rings is 4. The fraction of sp³-hybridized carbons (Fsp3) is 0.147. The van der Waals surface area contributed by atoms with Crippen LogP contribution in [0.2, 0.25) is 0 Å². The van der Waals surface area contributed by atoms with E-state index in [-0.39, 0.29) is 17.2 Å². The number of carbonyl (C=O) groups is 2. The number of amides is 2. The van der Waals surface area contributed by atoms with Crippen LogP contribution in [-0.2, 0) is 4.79 Å². The first-order valence-electron chi connectivity index (χ1n) is 13.5. The van der Waals surface area contributed by atoms with Crippen LogP contribution < -0.4 is 5.32 Å². The van der Waals surface area contributed by atoms with Crippen molar-refractivity contribution in [2.24, 2.45) is 4.99 Å². The number of nitrogens with zero attached hydrogens (tertiary/aromatic N) is 3. The Morgan fingerprint density at radius 1 is 0.857 bits per heavy atom. The Bertz CT molecular complexity index is 1690. The van der Waals surface area contributed by atoms with Gasteiger partial charge >= 0.3 is 0 Å². The quantitative estimate of drug-likeness (QED) is 0.213. The Hall–Kier alpha value is -5.37. The fourth-order valence-corrected chi connectivity index (χ4v) is 4.83. The molecule has 4 aromatic carbocycles. The van der Waals surface area contributed by atoms with Gasteiger partial charge < -0.3 is 5.32 Å². The molecule has 0 aromatic heterocycles. The van der Waals surface area contributed by atoms with Gasteiger partial charge in [0.2, 0.25) is 5.91 Å². The van der Waals surface area contributed by atoms with Gasteiger partial charge in [0, 0.05) is 34.4 Å². The molecule has 0 aliphatic carbocycles. The number of hydrogen-bond donors (Lipinski definition) is 1. The first kappa shape index (κ1) is 28.2. The zero-order valence-electron chi connectivity index (χ0n) is 23.5. The predicted molar refractivity (Wildman–Crippen MR) is 163 cm³/mol. The van der Waals surface area contributed by atoms with Crippen molar-refractivity contribution in [2.45, 2.75) is 32.4 Å². The highest BCUT2D eigenvalue weighted by molar-refractivity contribution is 6.19. The smallest absolute Gasteiger partial charge is 0.269 e. The van der Waals surface area contributed by atoms with Crippen LogP contribution in [0.15, 0.2) is 120 Å². The molecule has 1 atom stereocenters. The summed E-state index contributed by atoms with van der Waals surface area (Å²) in [6, 6.07) is 30.6. The minimum Gasteiger partial charge on any atom is -0.349 e. The SMILES string of the molecule is CC(C)(C)NC(=O)C1c2ccccc2N=C(c2ccccc2)/C(=C/c2ccccc2)N1C(=O)c1ccc([N+](=O)[O-])cc1. The molecule has 1 aliphatic heterocycles. The summed E-state index contributed by atoms with van der Waals surface area (Å²) in [6.45, 7) is 5.63. The standard InChI is InChI=1S/C34H30N4O4/c1-34(2,3)36-32(39)31-27-16-10-11-17-28(27)35-30(24-14-8-5-9-15-24)29(22-23-12-6-4-7-13-23)37(31)33(40)25-18-20-26(21-19-25)38(41)42/h4-22,31H,1-3H3,(H,36,39)/b29-22-. The molecular weight excluding hydrogens is 528 g/mol. The van der Waals surface area contributed by atoms with E-state index < -0.39 is 22.4 Å². The first-order valence-corrected chi connectivity index (χ1v) is 13.5. The van der Waals surface area contributed by atoms with Gasteiger partial charge in [-0.3, -0.25) is 24.6 Å². The van der Waals surface area contributed by atoms with Crippen LogP contribution in [0, 0.1) is 10.1 Å². The van der Waals surface area contributed by atoms with Crippen molar-refractivity contribution in [2.75, 3.05) is 0 Å². The van der Waals surface area contributed by atoms with Crippen molar-refractivity contribution in [1.82, 2.24) is 10.2 Å². The van der Waals surface area contributed by atoms with Gasteiger partial charge in [-0.2, -0.15) is 0 Å². The van der Waals surface area contributed by atoms with Gasteiger partial charge in [-0.15, -0.1) is 0 Å². The Balaban J connectivity index is 1.82. The summed E-state index contributed by atoms with van der Waals surface area (Å²) in [7, 11) is 0. The molecule has 0 saturated heterocycles. The lowest BCUT2D eigenvalue weighted by molar-refractivity contribution is -0.384. The molecule has 0 fully saturated rings. The molecule has 1 heterocycles. The summed E-state index contributed by atoms with van der Waals surface area (Å²) in [4.78, 5) is 46.1. The van der Waals surface area contributed by atoms with E-state index in [0.717, 1.165) is 11.1 Å². The van der Waals surface area contributed by atoms with E-state index >= 15 is 0 Å². The van der Waals surface area contributed by atoms with Crippen molar-refractivity contribution in [3.05, 3.63) is 147 Å². The van der Waals surface area contributed by atoms with Crippen LogP contribution in [-0.4, -0.2) is 32.9 Å². The number of fused-ring (bicyclic) bond motifs is 1. The predicted octanol–water partition coefficient (Wildman–Crippen LogP) is 6.87. The largest absolute Gasteiger partial charge is 0.349 e. The monoisotopic (exact) mass is 558 g/mol. The molecule has 210 valence electrons. The zero-order chi connectivity index (χ0) is 29.9. The van der Waals surface area contributed by atoms with Gasteiger partial charge in [0.05, 0.1) is 22.0 Å². The molecule has 8 nitrogen and oxygen atoms in total. The van der Waals surface area contributed by atoms with Crippen molar-refractivity contribution in [3.8, 4) is 0 Å². The maximum atomic E-state index is 14.6. The third kappa shape index (κ3) is 6.02. The van der Waals surface area contributed by atoms with Crippen LogP contribution >= 0.6 is 0 Å². The molecule has 1 aliphatic rings. The van der Waals surface area contributed by atoms with Gasteiger partial charge in [0.1, 0.15) is 6.04 Å². The maximum Gasteiger partial charge on any atom is 0.269 e. The first-order chi connectivity index (χ1) is 20.1. The number of allylic oxidation sites excluding steroid dienone is 1. The minimum atomic E-state index is -1.09. The number of aliphatic imine (C=N–C) groups is 1. The molecule has 0 bridgehead atoms. The molecular formula is C34H30N4O4. The highest BCUT2D eigenvalue weighted by Gasteiger charge is 2.40. The summed E-state index contributed by atoms with van der Waals surface area (Å²) in [5, 5.41) is 14.4. The molecule has 2 amide bonds. The molecule has 42 heavy (non-hydrogen) atoms. The van der Waals surface area contributed by atoms with Crippen LogP contribution in [0.4, 0.5) is 11.4 Å². The third-order valence-corrected chi connectivity index (χ3v) is 6.66. The van der Waals surface area contributed by atoms with Crippen molar-refractivity contribution < 1.29 is 14.5 Å². The minimum absolute atomic E-state index is 0.138. The summed E-state index contributed by atoms with van der Waals surface area (Å²) in [6.07, 6.45) is 1.85. The molecule has 0 radical (unpaired) electrons. The number of rotatable bonds is 5. The summed E-state index contributed by atoms with van der Waals surface area (Å²) < 4.78 is 0. The van der Waals surface area contributed by atoms with E-state index in [1.807, 2.05) is 106 Å². The number of hydrogen-bond acceptors (Lipinski definition) is 5. The van der Waals surface area contributed by atoms with Gasteiger partial charge in [0.15, 0.2) is 0 Å². The summed E-state index contributed by atoms with van der Waals surface area (Å²) >= 11 is 0. The van der Waals surface area contributed by atoms with Gasteiger partial charge in [0.25, 0.3) is 11.6 Å². The Morgan fingerprint density at radius 2 is 1.45 bits per heavy atom. The molecule has 5 rings (SSSR count). The number of para-hydroxylation sites is 1. The summed E-state index contributed by atoms with van der Waals surface area (Å²) in [5.74, 6) is -0.879. The highest BCUT2D eigenvalue weighted by atomic mass is 16.6. The molecule has 8 heteroatoms. The lowest BCUT2D eigenvalue weighted by Gasteiger charge is -2.34. The van der Waals surface area contributed by atoms with Gasteiger partial charge in [-0.05, 0) is 50.6 Å². The number of nitrogens with one attached hydrogen (secondary N) is 1. The maximum absolute atomic E-state index is 14.6. The normalized spacial score (nSPS) is 15.8. The van der Waals surface area contributed by atoms with Crippen LogP contribution in [0.3, 0.4) is 0 Å². The van der Waals surface area contributed by atoms with Crippen LogP contribution in [0.25, 0.3) is 6.08 Å². The Labute approximate surface area is 244 Å². The number of nitro benzene ring substituents is 1. The lowest BCUT2D eigenvalue weighted by Crippen LogP contribution is -2.49. The second-order valence-corrected chi connectivity index (χ2v) is 10.9. The average Bonchev–Trinajstić information content (AvgIpc) is 3.12. The molecule has 1 unspecified atom stereocenters. The molecule has 0 saturated carbocycles. The van der Waals surface area contributed by atoms with Crippen molar-refractivity contribution in [3.63, 3.8) is 0 Å². The van der Waals surface area contributed by atoms with E-state index in [9.17, 15) is 19.7 Å². The zero-order valence-corrected chi connectivity index (χ0v) is 23.5. The van der Waals surface area contributed by atoms with Gasteiger partial charge in [-0.1, -0.05) is 78.9 Å². The third-order valence-electron chi connectivity index (χ3n) is 6.66. The highest BCUT2D eigenvalue weighted by Crippen LogP contribution is 2.39. The summed E-state index contributed by atoms with van der Waals surface area (Å²) in [5.41, 5.74) is 3.07. The fourth-order valence-electron chi connectivity index (χ4n) is 4.83. The van der Waals surface area contributed by atoms with E-state index in [2.05, 4.69) is 5.32 Å². The lowest BCUT2D eigenvalue weighted by atomic mass is 9.97. The molecule has 0 spiro atoms. The van der Waals surface area contributed by atoms with E-state index in [1.54, 1.807) is 6.07 Å². The average molecular weight is 559 g/mol. The second-order valence-electron chi connectivity index (χ2n) is 10.9.